The van der Waals surface area contributed by atoms with Crippen LogP contribution >= 0.6 is 0 Å². The zero-order valence-corrected chi connectivity index (χ0v) is 16.7. The van der Waals surface area contributed by atoms with Crippen LogP contribution < -0.4 is 10.6 Å². The van der Waals surface area contributed by atoms with E-state index in [1.54, 1.807) is 23.1 Å². The van der Waals surface area contributed by atoms with Crippen molar-refractivity contribution in [2.45, 2.75) is 32.4 Å². The molecule has 0 saturated heterocycles. The molecule has 8 heteroatoms. The predicted octanol–water partition coefficient (Wildman–Crippen LogP) is 3.17. The van der Waals surface area contributed by atoms with Crippen LogP contribution in [0, 0.1) is 0 Å². The molecule has 0 bridgehead atoms. The van der Waals surface area contributed by atoms with E-state index in [4.69, 9.17) is 4.74 Å². The number of carbonyl (C=O) groups excluding carboxylic acids is 2. The Hall–Kier alpha value is -3.68. The summed E-state index contributed by atoms with van der Waals surface area (Å²) in [5.41, 5.74) is 2.10. The van der Waals surface area contributed by atoms with Crippen LogP contribution in [0.2, 0.25) is 0 Å². The van der Waals surface area contributed by atoms with Crippen LogP contribution in [0.5, 0.6) is 0 Å². The molecule has 0 atom stereocenters. The summed E-state index contributed by atoms with van der Waals surface area (Å²) in [6, 6.07) is 15.2. The molecule has 0 radical (unpaired) electrons. The Morgan fingerprint density at radius 1 is 1.00 bits per heavy atom. The lowest BCUT2D eigenvalue weighted by molar-refractivity contribution is -0.116. The third-order valence-corrected chi connectivity index (χ3v) is 4.35. The molecule has 0 aliphatic heterocycles. The Bertz CT molecular complexity index is 928. The molecule has 2 amide bonds. The van der Waals surface area contributed by atoms with Gasteiger partial charge in [-0.15, -0.1) is 0 Å². The Kier molecular flexibility index (Phi) is 7.96. The highest BCUT2D eigenvalue weighted by atomic mass is 16.5. The average molecular weight is 407 g/mol. The van der Waals surface area contributed by atoms with E-state index in [1.165, 1.54) is 5.56 Å². The largest absolute Gasteiger partial charge is 0.445 e. The van der Waals surface area contributed by atoms with Gasteiger partial charge in [-0.25, -0.2) is 4.79 Å². The highest BCUT2D eigenvalue weighted by Gasteiger charge is 2.07. The second-order valence-electron chi connectivity index (χ2n) is 6.71. The minimum Gasteiger partial charge on any atom is -0.445 e. The van der Waals surface area contributed by atoms with Crippen LogP contribution in [0.15, 0.2) is 67.1 Å². The van der Waals surface area contributed by atoms with Gasteiger partial charge in [0.15, 0.2) is 5.82 Å². The molecule has 0 aliphatic carbocycles. The number of pyridine rings is 1. The molecule has 0 fully saturated rings. The summed E-state index contributed by atoms with van der Waals surface area (Å²) in [5.74, 6) is 0.374. The van der Waals surface area contributed by atoms with Crippen LogP contribution in [-0.4, -0.2) is 33.3 Å². The van der Waals surface area contributed by atoms with Crippen molar-refractivity contribution in [1.29, 1.82) is 0 Å². The molecule has 0 spiro atoms. The summed E-state index contributed by atoms with van der Waals surface area (Å²) in [6.45, 7) is 1.30. The number of aromatic nitrogens is 3. The number of rotatable bonds is 10. The number of hydrogen-bond donors (Lipinski definition) is 2. The molecule has 2 heterocycles. The van der Waals surface area contributed by atoms with Crippen molar-refractivity contribution in [3.05, 3.63) is 78.2 Å². The van der Waals surface area contributed by atoms with Crippen LogP contribution in [0.25, 0.3) is 0 Å². The first-order valence-corrected chi connectivity index (χ1v) is 9.86. The second-order valence-corrected chi connectivity index (χ2v) is 6.71. The minimum absolute atomic E-state index is 0.145. The van der Waals surface area contributed by atoms with Crippen LogP contribution in [0.1, 0.15) is 24.0 Å². The quantitative estimate of drug-likeness (QED) is 0.503. The van der Waals surface area contributed by atoms with E-state index in [0.29, 0.717) is 18.8 Å². The number of aryl methyl sites for hydroxylation is 2. The van der Waals surface area contributed by atoms with Gasteiger partial charge in [0.25, 0.3) is 0 Å². The molecule has 30 heavy (non-hydrogen) atoms. The topological polar surface area (TPSA) is 98.1 Å². The monoisotopic (exact) mass is 407 g/mol. The summed E-state index contributed by atoms with van der Waals surface area (Å²) in [7, 11) is 0. The summed E-state index contributed by atoms with van der Waals surface area (Å²) in [5, 5.41) is 9.77. The third kappa shape index (κ3) is 7.38. The van der Waals surface area contributed by atoms with Crippen molar-refractivity contribution in [2.24, 2.45) is 0 Å². The van der Waals surface area contributed by atoms with Crippen LogP contribution in [0.4, 0.5) is 10.6 Å². The fraction of sp³-hybridized carbons (Fsp3) is 0.273. The number of hydrogen-bond acceptors (Lipinski definition) is 5. The maximum atomic E-state index is 12.0. The van der Waals surface area contributed by atoms with Gasteiger partial charge < -0.3 is 15.4 Å². The van der Waals surface area contributed by atoms with Crippen molar-refractivity contribution in [1.82, 2.24) is 20.1 Å². The first-order chi connectivity index (χ1) is 14.7. The lowest BCUT2D eigenvalue weighted by Gasteiger charge is -2.07. The summed E-state index contributed by atoms with van der Waals surface area (Å²) >= 11 is 0. The Morgan fingerprint density at radius 2 is 1.80 bits per heavy atom. The van der Waals surface area contributed by atoms with Crippen molar-refractivity contribution in [3.63, 3.8) is 0 Å². The molecular formula is C22H25N5O3. The van der Waals surface area contributed by atoms with Gasteiger partial charge in [-0.05, 0) is 36.1 Å². The van der Waals surface area contributed by atoms with Gasteiger partial charge in [-0.2, -0.15) is 5.10 Å². The summed E-state index contributed by atoms with van der Waals surface area (Å²) < 4.78 is 6.91. The lowest BCUT2D eigenvalue weighted by Crippen LogP contribution is -2.26. The Morgan fingerprint density at radius 3 is 2.60 bits per heavy atom. The van der Waals surface area contributed by atoms with E-state index in [-0.39, 0.29) is 18.9 Å². The van der Waals surface area contributed by atoms with E-state index in [2.05, 4.69) is 20.7 Å². The third-order valence-electron chi connectivity index (χ3n) is 4.35. The maximum Gasteiger partial charge on any atom is 0.407 e. The number of amides is 2. The molecule has 3 aromatic rings. The van der Waals surface area contributed by atoms with Crippen molar-refractivity contribution < 1.29 is 14.3 Å². The predicted molar refractivity (Wildman–Crippen MR) is 113 cm³/mol. The van der Waals surface area contributed by atoms with E-state index < -0.39 is 6.09 Å². The molecule has 1 aromatic carbocycles. The normalized spacial score (nSPS) is 10.4. The van der Waals surface area contributed by atoms with Gasteiger partial charge in [0.05, 0.1) is 0 Å². The zero-order chi connectivity index (χ0) is 21.0. The Labute approximate surface area is 175 Å². The first kappa shape index (κ1) is 21.0. The number of nitrogens with zero attached hydrogens (tertiary/aromatic N) is 3. The fourth-order valence-electron chi connectivity index (χ4n) is 2.76. The molecule has 2 N–H and O–H groups in total. The Balaban J connectivity index is 1.28. The van der Waals surface area contributed by atoms with Crippen molar-refractivity contribution in [2.75, 3.05) is 11.9 Å². The number of nitrogens with one attached hydrogen (secondary N) is 2. The number of benzene rings is 1. The van der Waals surface area contributed by atoms with E-state index in [0.717, 1.165) is 18.5 Å². The van der Waals surface area contributed by atoms with Gasteiger partial charge in [-0.3, -0.25) is 14.5 Å². The summed E-state index contributed by atoms with van der Waals surface area (Å²) in [6.07, 6.45) is 6.50. The maximum absolute atomic E-state index is 12.0. The van der Waals surface area contributed by atoms with Crippen molar-refractivity contribution in [3.8, 4) is 0 Å². The molecule has 0 aliphatic rings. The van der Waals surface area contributed by atoms with Gasteiger partial charge >= 0.3 is 6.09 Å². The molecule has 3 rings (SSSR count). The lowest BCUT2D eigenvalue weighted by atomic mass is 10.2. The van der Waals surface area contributed by atoms with Gasteiger partial charge in [0.1, 0.15) is 6.61 Å². The molecule has 156 valence electrons. The van der Waals surface area contributed by atoms with Crippen LogP contribution in [0.3, 0.4) is 0 Å². The highest BCUT2D eigenvalue weighted by Crippen LogP contribution is 2.06. The molecule has 0 saturated carbocycles. The minimum atomic E-state index is -0.493. The van der Waals surface area contributed by atoms with Gasteiger partial charge in [-0.1, -0.05) is 30.3 Å². The molecule has 8 nitrogen and oxygen atoms in total. The van der Waals surface area contributed by atoms with Crippen LogP contribution in [-0.2, 0) is 29.1 Å². The standard InChI is InChI=1S/C22H25N5O3/c28-21(7-4-12-24-22(29)30-17-19-5-2-1-3-6-19)25-20-11-16-27(26-20)15-10-18-8-13-23-14-9-18/h1-3,5-6,8-9,11,13-14,16H,4,7,10,12,15,17H2,(H,24,29)(H,25,26,28). The zero-order valence-electron chi connectivity index (χ0n) is 16.7. The number of alkyl carbamates (subject to hydrolysis) is 1. The van der Waals surface area contributed by atoms with E-state index in [1.807, 2.05) is 48.7 Å². The highest BCUT2D eigenvalue weighted by molar-refractivity contribution is 5.89. The SMILES string of the molecule is O=C(CCCNC(=O)OCc1ccccc1)Nc1ccn(CCc2ccncc2)n1. The first-order valence-electron chi connectivity index (χ1n) is 9.86. The van der Waals surface area contributed by atoms with E-state index >= 15 is 0 Å². The van der Waals surface area contributed by atoms with Gasteiger partial charge in [0.2, 0.25) is 5.91 Å². The van der Waals surface area contributed by atoms with Gasteiger partial charge in [0, 0.05) is 44.2 Å². The van der Waals surface area contributed by atoms with E-state index in [9.17, 15) is 9.59 Å². The molecule has 2 aromatic heterocycles. The average Bonchev–Trinajstić information content (AvgIpc) is 3.22. The second kappa shape index (κ2) is 11.4. The molecule has 0 unspecified atom stereocenters. The number of carbonyl (C=O) groups is 2. The molecular weight excluding hydrogens is 382 g/mol. The number of anilines is 1. The smallest absolute Gasteiger partial charge is 0.407 e. The fourth-order valence-corrected chi connectivity index (χ4v) is 2.76. The van der Waals surface area contributed by atoms with Crippen molar-refractivity contribution >= 4 is 17.8 Å². The number of ether oxygens (including phenoxy) is 1. The summed E-state index contributed by atoms with van der Waals surface area (Å²) in [4.78, 5) is 27.7.